The number of carbonyl (C=O) groups excluding carboxylic acids is 1. The van der Waals surface area contributed by atoms with Crippen molar-refractivity contribution in [3.8, 4) is 5.75 Å². The predicted octanol–water partition coefficient (Wildman–Crippen LogP) is 4.54. The summed E-state index contributed by atoms with van der Waals surface area (Å²) in [6, 6.07) is 5.91. The van der Waals surface area contributed by atoms with E-state index in [0.717, 1.165) is 6.42 Å². The SMILES string of the molecule is O=C(CCC1CCCC1)Nc1ccc(OCC(F)(F)F)cc1. The molecule has 0 unspecified atom stereocenters. The number of alkyl halides is 3. The Kier molecular flexibility index (Phi) is 5.69. The van der Waals surface area contributed by atoms with Gasteiger partial charge in [-0.05, 0) is 36.6 Å². The molecule has 3 nitrogen and oxygen atoms in total. The van der Waals surface area contributed by atoms with Crippen LogP contribution in [0.1, 0.15) is 38.5 Å². The van der Waals surface area contributed by atoms with Crippen LogP contribution in [0, 0.1) is 5.92 Å². The lowest BCUT2D eigenvalue weighted by Gasteiger charge is -2.11. The summed E-state index contributed by atoms with van der Waals surface area (Å²) in [7, 11) is 0. The summed E-state index contributed by atoms with van der Waals surface area (Å²) in [6.45, 7) is -1.32. The number of benzene rings is 1. The first-order valence-corrected chi connectivity index (χ1v) is 7.52. The summed E-state index contributed by atoms with van der Waals surface area (Å²) in [5.41, 5.74) is 0.566. The van der Waals surface area contributed by atoms with Crippen molar-refractivity contribution in [2.24, 2.45) is 5.92 Å². The first kappa shape index (κ1) is 16.6. The Hall–Kier alpha value is -1.72. The second-order valence-electron chi connectivity index (χ2n) is 5.67. The summed E-state index contributed by atoms with van der Waals surface area (Å²) in [6.07, 6.45) is 1.96. The van der Waals surface area contributed by atoms with E-state index in [1.54, 1.807) is 12.1 Å². The number of nitrogens with one attached hydrogen (secondary N) is 1. The van der Waals surface area contributed by atoms with Gasteiger partial charge in [0, 0.05) is 12.1 Å². The highest BCUT2D eigenvalue weighted by Crippen LogP contribution is 2.28. The third kappa shape index (κ3) is 5.95. The van der Waals surface area contributed by atoms with E-state index in [1.165, 1.54) is 37.8 Å². The topological polar surface area (TPSA) is 38.3 Å². The van der Waals surface area contributed by atoms with Gasteiger partial charge >= 0.3 is 6.18 Å². The molecule has 0 saturated heterocycles. The molecule has 0 radical (unpaired) electrons. The molecule has 0 spiro atoms. The van der Waals surface area contributed by atoms with Crippen LogP contribution in [-0.2, 0) is 4.79 Å². The standard InChI is InChI=1S/C16H20F3NO2/c17-16(18,19)11-22-14-8-6-13(7-9-14)20-15(21)10-5-12-3-1-2-4-12/h6-9,12H,1-5,10-11H2,(H,20,21). The Morgan fingerprint density at radius 1 is 1.18 bits per heavy atom. The lowest BCUT2D eigenvalue weighted by Crippen LogP contribution is -2.19. The highest BCUT2D eigenvalue weighted by molar-refractivity contribution is 5.90. The Bertz CT molecular complexity index is 479. The van der Waals surface area contributed by atoms with Gasteiger partial charge in [-0.15, -0.1) is 0 Å². The van der Waals surface area contributed by atoms with Crippen LogP contribution in [0.5, 0.6) is 5.75 Å². The fraction of sp³-hybridized carbons (Fsp3) is 0.562. The monoisotopic (exact) mass is 315 g/mol. The number of ether oxygens (including phenoxy) is 1. The number of hydrogen-bond acceptors (Lipinski definition) is 2. The molecule has 0 heterocycles. The van der Waals surface area contributed by atoms with Crippen LogP contribution < -0.4 is 10.1 Å². The molecule has 1 aliphatic carbocycles. The average molecular weight is 315 g/mol. The highest BCUT2D eigenvalue weighted by Gasteiger charge is 2.28. The number of hydrogen-bond donors (Lipinski definition) is 1. The van der Waals surface area contributed by atoms with E-state index in [0.29, 0.717) is 18.0 Å². The fourth-order valence-corrected chi connectivity index (χ4v) is 2.66. The van der Waals surface area contributed by atoms with Gasteiger partial charge in [-0.1, -0.05) is 25.7 Å². The second kappa shape index (κ2) is 7.51. The number of anilines is 1. The van der Waals surface area contributed by atoms with E-state index in [9.17, 15) is 18.0 Å². The van der Waals surface area contributed by atoms with E-state index in [4.69, 9.17) is 0 Å². The van der Waals surface area contributed by atoms with Crippen LogP contribution in [0.25, 0.3) is 0 Å². The third-order valence-electron chi connectivity index (χ3n) is 3.79. The van der Waals surface area contributed by atoms with Crippen LogP contribution in [0.3, 0.4) is 0 Å². The van der Waals surface area contributed by atoms with Gasteiger partial charge in [0.25, 0.3) is 0 Å². The van der Waals surface area contributed by atoms with Gasteiger partial charge in [0.1, 0.15) is 5.75 Å². The van der Waals surface area contributed by atoms with Crippen molar-refractivity contribution in [1.29, 1.82) is 0 Å². The van der Waals surface area contributed by atoms with E-state index in [1.807, 2.05) is 0 Å². The molecule has 6 heteroatoms. The Morgan fingerprint density at radius 3 is 2.41 bits per heavy atom. The van der Waals surface area contributed by atoms with E-state index >= 15 is 0 Å². The maximum atomic E-state index is 12.0. The van der Waals surface area contributed by atoms with Gasteiger partial charge in [-0.3, -0.25) is 4.79 Å². The number of amides is 1. The molecule has 1 aromatic carbocycles. The number of rotatable bonds is 6. The second-order valence-corrected chi connectivity index (χ2v) is 5.67. The minimum Gasteiger partial charge on any atom is -0.484 e. The minimum absolute atomic E-state index is 0.0594. The van der Waals surface area contributed by atoms with Gasteiger partial charge in [0.15, 0.2) is 6.61 Å². The molecule has 0 aliphatic heterocycles. The summed E-state index contributed by atoms with van der Waals surface area (Å²) in [4.78, 5) is 11.8. The van der Waals surface area contributed by atoms with Crippen molar-refractivity contribution in [1.82, 2.24) is 0 Å². The quantitative estimate of drug-likeness (QED) is 0.837. The molecule has 0 atom stereocenters. The molecule has 1 aliphatic rings. The van der Waals surface area contributed by atoms with Crippen molar-refractivity contribution >= 4 is 11.6 Å². The van der Waals surface area contributed by atoms with Crippen LogP contribution in [0.2, 0.25) is 0 Å². The van der Waals surface area contributed by atoms with Crippen molar-refractivity contribution in [3.63, 3.8) is 0 Å². The van der Waals surface area contributed by atoms with Crippen LogP contribution in [-0.4, -0.2) is 18.7 Å². The molecule has 22 heavy (non-hydrogen) atoms. The van der Waals surface area contributed by atoms with Gasteiger partial charge in [-0.2, -0.15) is 13.2 Å². The van der Waals surface area contributed by atoms with Crippen molar-refractivity contribution in [2.45, 2.75) is 44.7 Å². The summed E-state index contributed by atoms with van der Waals surface area (Å²) in [5, 5.41) is 2.75. The predicted molar refractivity (Wildman–Crippen MR) is 77.8 cm³/mol. The zero-order valence-electron chi connectivity index (χ0n) is 12.3. The van der Waals surface area contributed by atoms with Gasteiger partial charge in [0.05, 0.1) is 0 Å². The molecular weight excluding hydrogens is 295 g/mol. The van der Waals surface area contributed by atoms with Gasteiger partial charge < -0.3 is 10.1 Å². The average Bonchev–Trinajstić information content (AvgIpc) is 2.97. The first-order chi connectivity index (χ1) is 10.4. The zero-order valence-corrected chi connectivity index (χ0v) is 12.3. The maximum Gasteiger partial charge on any atom is 0.422 e. The number of halogens is 3. The molecule has 1 N–H and O–H groups in total. The van der Waals surface area contributed by atoms with Gasteiger partial charge in [0.2, 0.25) is 5.91 Å². The first-order valence-electron chi connectivity index (χ1n) is 7.52. The molecule has 1 saturated carbocycles. The minimum atomic E-state index is -4.35. The summed E-state index contributed by atoms with van der Waals surface area (Å²) < 4.78 is 40.7. The smallest absolute Gasteiger partial charge is 0.422 e. The van der Waals surface area contributed by atoms with Crippen molar-refractivity contribution < 1.29 is 22.7 Å². The van der Waals surface area contributed by atoms with Crippen molar-refractivity contribution in [2.75, 3.05) is 11.9 Å². The lowest BCUT2D eigenvalue weighted by atomic mass is 10.0. The largest absolute Gasteiger partial charge is 0.484 e. The number of carbonyl (C=O) groups is 1. The van der Waals surface area contributed by atoms with E-state index < -0.39 is 12.8 Å². The van der Waals surface area contributed by atoms with Gasteiger partial charge in [-0.25, -0.2) is 0 Å². The highest BCUT2D eigenvalue weighted by atomic mass is 19.4. The maximum absolute atomic E-state index is 12.0. The normalized spacial score (nSPS) is 15.8. The molecule has 0 bridgehead atoms. The Labute approximate surface area is 127 Å². The van der Waals surface area contributed by atoms with E-state index in [-0.39, 0.29) is 11.7 Å². The molecule has 1 fully saturated rings. The molecule has 1 amide bonds. The van der Waals surface area contributed by atoms with Crippen LogP contribution >= 0.6 is 0 Å². The molecular formula is C16H20F3NO2. The summed E-state index contributed by atoms with van der Waals surface area (Å²) >= 11 is 0. The Balaban J connectivity index is 1.74. The lowest BCUT2D eigenvalue weighted by molar-refractivity contribution is -0.153. The van der Waals surface area contributed by atoms with Crippen LogP contribution in [0.15, 0.2) is 24.3 Å². The third-order valence-corrected chi connectivity index (χ3v) is 3.79. The zero-order chi connectivity index (χ0) is 16.0. The molecule has 2 rings (SSSR count). The van der Waals surface area contributed by atoms with Crippen LogP contribution in [0.4, 0.5) is 18.9 Å². The fourth-order valence-electron chi connectivity index (χ4n) is 2.66. The van der Waals surface area contributed by atoms with Crippen molar-refractivity contribution in [3.05, 3.63) is 24.3 Å². The summed E-state index contributed by atoms with van der Waals surface area (Å²) in [5.74, 6) is 0.723. The molecule has 0 aromatic heterocycles. The molecule has 122 valence electrons. The Morgan fingerprint density at radius 2 is 1.82 bits per heavy atom. The molecule has 1 aromatic rings. The van der Waals surface area contributed by atoms with E-state index in [2.05, 4.69) is 10.1 Å².